The fourth-order valence-corrected chi connectivity index (χ4v) is 21.9. The molecule has 0 aliphatic rings. The van der Waals surface area contributed by atoms with Crippen LogP contribution < -0.4 is 0 Å². The summed E-state index contributed by atoms with van der Waals surface area (Å²) < 4.78 is 47.0. The molecule has 0 saturated carbocycles. The molecular weight excluding hydrogens is 549 g/mol. The second-order valence-corrected chi connectivity index (χ2v) is 28.4. The van der Waals surface area contributed by atoms with Crippen molar-refractivity contribution in [1.82, 2.24) is 0 Å². The molecule has 0 aromatic heterocycles. The maximum Gasteiger partial charge on any atom is 0.315 e. The molecular formula is C23H56O10Si4. The summed E-state index contributed by atoms with van der Waals surface area (Å²) in [7, 11) is -5.33. The van der Waals surface area contributed by atoms with Gasteiger partial charge in [0.1, 0.15) is 18.3 Å². The van der Waals surface area contributed by atoms with Crippen LogP contribution in [0.5, 0.6) is 0 Å². The molecule has 0 aromatic carbocycles. The highest BCUT2D eigenvalue weighted by atomic mass is 28.5. The number of rotatable bonds is 23. The van der Waals surface area contributed by atoms with Gasteiger partial charge in [0.15, 0.2) is 16.6 Å². The molecule has 4 atom stereocenters. The molecule has 4 unspecified atom stereocenters. The summed E-state index contributed by atoms with van der Waals surface area (Å²) in [5.41, 5.74) is 0. The molecule has 0 radical (unpaired) electrons. The molecule has 0 aliphatic heterocycles. The summed E-state index contributed by atoms with van der Waals surface area (Å²) in [5.74, 6) is 0. The van der Waals surface area contributed by atoms with Gasteiger partial charge in [-0.25, -0.2) is 0 Å². The van der Waals surface area contributed by atoms with Crippen molar-refractivity contribution in [3.8, 4) is 0 Å². The monoisotopic (exact) mass is 604 g/mol. The molecule has 14 heteroatoms. The molecule has 0 amide bonds. The van der Waals surface area contributed by atoms with Crippen molar-refractivity contribution in [3.63, 3.8) is 0 Å². The van der Waals surface area contributed by atoms with Crippen molar-refractivity contribution >= 4 is 33.8 Å². The molecule has 224 valence electrons. The van der Waals surface area contributed by atoms with Gasteiger partial charge in [0, 0.05) is 20.8 Å². The third kappa shape index (κ3) is 21.9. The molecule has 37 heavy (non-hydrogen) atoms. The minimum Gasteiger partial charge on any atom is -0.437 e. The molecule has 0 spiro atoms. The zero-order chi connectivity index (χ0) is 28.8. The Bertz CT molecular complexity index is 589. The minimum atomic E-state index is -2.48. The van der Waals surface area contributed by atoms with E-state index in [1.807, 2.05) is 0 Å². The van der Waals surface area contributed by atoms with E-state index in [2.05, 4.69) is 58.9 Å². The second kappa shape index (κ2) is 18.0. The summed E-state index contributed by atoms with van der Waals surface area (Å²) in [4.78, 5) is 0. The lowest BCUT2D eigenvalue weighted by molar-refractivity contribution is -0.100. The Kier molecular flexibility index (Phi) is 18.2. The number of ether oxygens (including phenoxy) is 5. The quantitative estimate of drug-likeness (QED) is 0.133. The third-order valence-electron chi connectivity index (χ3n) is 4.62. The van der Waals surface area contributed by atoms with Crippen LogP contribution in [0.25, 0.3) is 0 Å². The molecule has 0 rings (SSSR count). The molecule has 0 aliphatic carbocycles. The lowest BCUT2D eigenvalue weighted by Gasteiger charge is -2.41. The van der Waals surface area contributed by atoms with Crippen LogP contribution in [-0.4, -0.2) is 123 Å². The summed E-state index contributed by atoms with van der Waals surface area (Å²) in [6.45, 7) is 21.2. The molecule has 0 saturated heterocycles. The first kappa shape index (κ1) is 37.5. The highest BCUT2D eigenvalue weighted by molar-refractivity contribution is 6.89. The number of methoxy groups -OCH3 is 2. The van der Waals surface area contributed by atoms with Crippen LogP contribution in [0, 0.1) is 0 Å². The fraction of sp³-hybridized carbons (Fsp3) is 1.00. The van der Waals surface area contributed by atoms with Crippen LogP contribution in [0.2, 0.25) is 65.0 Å². The normalized spacial score (nSPS) is 17.4. The number of aliphatic hydroxyl groups is 2. The van der Waals surface area contributed by atoms with Crippen molar-refractivity contribution in [1.29, 1.82) is 0 Å². The Balaban J connectivity index is 4.90. The van der Waals surface area contributed by atoms with Gasteiger partial charge in [-0.1, -0.05) is 0 Å². The molecule has 10 nitrogen and oxygen atoms in total. The van der Waals surface area contributed by atoms with Gasteiger partial charge in [-0.05, 0) is 71.4 Å². The van der Waals surface area contributed by atoms with E-state index in [-0.39, 0.29) is 33.0 Å². The van der Waals surface area contributed by atoms with Gasteiger partial charge in [0.2, 0.25) is 0 Å². The highest BCUT2D eigenvalue weighted by Crippen LogP contribution is 2.27. The zero-order valence-electron chi connectivity index (χ0n) is 25.3. The van der Waals surface area contributed by atoms with Crippen LogP contribution >= 0.6 is 0 Å². The number of aliphatic hydroxyl groups excluding tert-OH is 2. The van der Waals surface area contributed by atoms with Gasteiger partial charge >= 0.3 is 17.1 Å². The molecule has 0 bridgehead atoms. The molecule has 2 N–H and O–H groups in total. The second-order valence-electron chi connectivity index (χ2n) is 12.0. The third-order valence-corrected chi connectivity index (χ3v) is 18.2. The van der Waals surface area contributed by atoms with Crippen molar-refractivity contribution in [2.75, 3.05) is 60.5 Å². The molecule has 0 heterocycles. The van der Waals surface area contributed by atoms with Crippen molar-refractivity contribution in [2.45, 2.75) is 89.7 Å². The van der Waals surface area contributed by atoms with Crippen molar-refractivity contribution in [2.24, 2.45) is 0 Å². The van der Waals surface area contributed by atoms with Gasteiger partial charge in [-0.15, -0.1) is 0 Å². The summed E-state index contributed by atoms with van der Waals surface area (Å²) in [5, 5.41) is 19.7. The first-order chi connectivity index (χ1) is 16.9. The van der Waals surface area contributed by atoms with E-state index in [9.17, 15) is 10.2 Å². The van der Waals surface area contributed by atoms with Crippen LogP contribution in [0.1, 0.15) is 6.42 Å². The Labute approximate surface area is 230 Å². The SMILES string of the molecule is COCC(O)COCC(COCCC[Si](C)(O[Si](C)(C)C)O[Si](C)(C)O[Si](C)(C)C)OCC(O)COC. The van der Waals surface area contributed by atoms with Crippen LogP contribution in [0.15, 0.2) is 0 Å². The maximum atomic E-state index is 9.92. The van der Waals surface area contributed by atoms with E-state index in [4.69, 9.17) is 36.0 Å². The predicted molar refractivity (Wildman–Crippen MR) is 156 cm³/mol. The largest absolute Gasteiger partial charge is 0.437 e. The number of hydrogen-bond donors (Lipinski definition) is 2. The lowest BCUT2D eigenvalue weighted by Crippen LogP contribution is -2.56. The number of hydrogen-bond acceptors (Lipinski definition) is 10. The Morgan fingerprint density at radius 1 is 0.595 bits per heavy atom. The predicted octanol–water partition coefficient (Wildman–Crippen LogP) is 3.30. The summed E-state index contributed by atoms with van der Waals surface area (Å²) in [6, 6.07) is 0.806. The average molecular weight is 605 g/mol. The first-order valence-electron chi connectivity index (χ1n) is 13.1. The summed E-state index contributed by atoms with van der Waals surface area (Å²) in [6.07, 6.45) is -1.05. The Morgan fingerprint density at radius 3 is 1.62 bits per heavy atom. The van der Waals surface area contributed by atoms with Crippen LogP contribution in [0.3, 0.4) is 0 Å². The smallest absolute Gasteiger partial charge is 0.315 e. The lowest BCUT2D eigenvalue weighted by atomic mass is 10.3. The Hall–Kier alpha value is 0.468. The highest BCUT2D eigenvalue weighted by Gasteiger charge is 2.44. The minimum absolute atomic E-state index is 0.103. The van der Waals surface area contributed by atoms with E-state index in [0.717, 1.165) is 12.5 Å². The van der Waals surface area contributed by atoms with Gasteiger partial charge in [0.25, 0.3) is 0 Å². The Morgan fingerprint density at radius 2 is 1.11 bits per heavy atom. The van der Waals surface area contributed by atoms with Gasteiger partial charge < -0.3 is 46.2 Å². The van der Waals surface area contributed by atoms with E-state index in [1.54, 1.807) is 0 Å². The van der Waals surface area contributed by atoms with Gasteiger partial charge in [0.05, 0.1) is 39.6 Å². The van der Waals surface area contributed by atoms with Gasteiger partial charge in [-0.2, -0.15) is 0 Å². The topological polar surface area (TPSA) is 114 Å². The van der Waals surface area contributed by atoms with E-state index in [0.29, 0.717) is 13.2 Å². The van der Waals surface area contributed by atoms with Crippen molar-refractivity contribution < 1.29 is 46.2 Å². The van der Waals surface area contributed by atoms with E-state index >= 15 is 0 Å². The fourth-order valence-electron chi connectivity index (χ4n) is 3.97. The standard InChI is InChI=1S/C23H56O10Si4/c1-26-15-21(24)17-29-20-23(30-18-22(25)16-27-2)19-28-13-12-14-37(11,32-35(6,7)8)33-36(9,10)31-34(3,4)5/h21-25H,12-20H2,1-11H3. The van der Waals surface area contributed by atoms with Crippen molar-refractivity contribution in [3.05, 3.63) is 0 Å². The average Bonchev–Trinajstić information content (AvgIpc) is 2.67. The first-order valence-corrected chi connectivity index (χ1v) is 25.3. The van der Waals surface area contributed by atoms with Crippen LogP contribution in [-0.2, 0) is 36.0 Å². The maximum absolute atomic E-state index is 9.92. The van der Waals surface area contributed by atoms with Gasteiger partial charge in [-0.3, -0.25) is 0 Å². The van der Waals surface area contributed by atoms with E-state index in [1.165, 1.54) is 14.2 Å². The summed E-state index contributed by atoms with van der Waals surface area (Å²) >= 11 is 0. The van der Waals surface area contributed by atoms with E-state index < -0.39 is 52.1 Å². The molecule has 0 aromatic rings. The van der Waals surface area contributed by atoms with Crippen LogP contribution in [0.4, 0.5) is 0 Å². The molecule has 0 fully saturated rings. The zero-order valence-corrected chi connectivity index (χ0v) is 29.3.